The van der Waals surface area contributed by atoms with E-state index in [4.69, 9.17) is 0 Å². The van der Waals surface area contributed by atoms with Crippen LogP contribution in [-0.2, 0) is 10.0 Å². The summed E-state index contributed by atoms with van der Waals surface area (Å²) in [4.78, 5) is 0. The van der Waals surface area contributed by atoms with Gasteiger partial charge < -0.3 is 0 Å². The number of thiophene rings is 1. The third-order valence-electron chi connectivity index (χ3n) is 3.86. The Kier molecular flexibility index (Phi) is 4.23. The van der Waals surface area contributed by atoms with Crippen molar-refractivity contribution in [2.24, 2.45) is 0 Å². The summed E-state index contributed by atoms with van der Waals surface area (Å²) in [5, 5.41) is 0. The quantitative estimate of drug-likeness (QED) is 0.787. The third-order valence-corrected chi connectivity index (χ3v) is 7.86. The maximum Gasteiger partial charge on any atom is 0.253 e. The van der Waals surface area contributed by atoms with Crippen LogP contribution in [0.15, 0.2) is 44.4 Å². The van der Waals surface area contributed by atoms with E-state index in [0.717, 1.165) is 27.8 Å². The molecule has 0 N–H and O–H groups in total. The highest BCUT2D eigenvalue weighted by molar-refractivity contribution is 9.11. The number of hydrogen-bond donors (Lipinski definition) is 0. The Balaban J connectivity index is 2.00. The minimum absolute atomic E-state index is 0.0444. The van der Waals surface area contributed by atoms with Gasteiger partial charge in [-0.3, -0.25) is 0 Å². The molecule has 21 heavy (non-hydrogen) atoms. The van der Waals surface area contributed by atoms with Crippen LogP contribution in [0.1, 0.15) is 30.0 Å². The standard InChI is InChI=1S/C15H16BrNO2S2/c1-11-5-2-3-6-12(11)13-7-4-10-17(13)21(18,19)15-9-8-14(16)20-15/h2-3,5-6,8-9,13H,4,7,10H2,1H3. The molecule has 1 aliphatic heterocycles. The van der Waals surface area contributed by atoms with Gasteiger partial charge >= 0.3 is 0 Å². The fraction of sp³-hybridized carbons (Fsp3) is 0.333. The van der Waals surface area contributed by atoms with Gasteiger partial charge in [0.05, 0.1) is 9.83 Å². The molecule has 112 valence electrons. The predicted octanol–water partition coefficient (Wildman–Crippen LogP) is 4.34. The number of rotatable bonds is 3. The van der Waals surface area contributed by atoms with E-state index in [9.17, 15) is 8.42 Å². The van der Waals surface area contributed by atoms with Crippen LogP contribution in [0.5, 0.6) is 0 Å². The summed E-state index contributed by atoms with van der Waals surface area (Å²) in [6, 6.07) is 11.5. The summed E-state index contributed by atoms with van der Waals surface area (Å²) < 4.78 is 28.6. The van der Waals surface area contributed by atoms with Crippen molar-refractivity contribution in [2.45, 2.75) is 30.0 Å². The lowest BCUT2D eigenvalue weighted by molar-refractivity contribution is 0.397. The molecule has 1 aliphatic rings. The van der Waals surface area contributed by atoms with Crippen LogP contribution >= 0.6 is 27.3 Å². The minimum Gasteiger partial charge on any atom is -0.206 e. The molecule has 2 aromatic rings. The van der Waals surface area contributed by atoms with Gasteiger partial charge in [-0.15, -0.1) is 11.3 Å². The van der Waals surface area contributed by atoms with Gasteiger partial charge in [0, 0.05) is 6.54 Å². The molecule has 0 bridgehead atoms. The van der Waals surface area contributed by atoms with Gasteiger partial charge in [-0.2, -0.15) is 4.31 Å². The summed E-state index contributed by atoms with van der Waals surface area (Å²) >= 11 is 4.61. The summed E-state index contributed by atoms with van der Waals surface area (Å²) in [6.45, 7) is 2.64. The van der Waals surface area contributed by atoms with Gasteiger partial charge in [0.1, 0.15) is 4.21 Å². The summed E-state index contributed by atoms with van der Waals surface area (Å²) in [7, 11) is -3.41. The van der Waals surface area contributed by atoms with Crippen LogP contribution in [0.25, 0.3) is 0 Å². The zero-order valence-electron chi connectivity index (χ0n) is 11.6. The molecule has 2 heterocycles. The van der Waals surface area contributed by atoms with E-state index in [-0.39, 0.29) is 6.04 Å². The Morgan fingerprint density at radius 1 is 1.24 bits per heavy atom. The predicted molar refractivity (Wildman–Crippen MR) is 89.1 cm³/mol. The second-order valence-electron chi connectivity index (χ2n) is 5.19. The fourth-order valence-electron chi connectivity index (χ4n) is 2.85. The molecule has 1 aromatic heterocycles. The smallest absolute Gasteiger partial charge is 0.206 e. The summed E-state index contributed by atoms with van der Waals surface area (Å²) in [6.07, 6.45) is 1.79. The molecule has 0 spiro atoms. The average molecular weight is 386 g/mol. The molecule has 0 saturated carbocycles. The van der Waals surface area contributed by atoms with Gasteiger partial charge in [0.2, 0.25) is 0 Å². The zero-order chi connectivity index (χ0) is 15.0. The second kappa shape index (κ2) is 5.83. The van der Waals surface area contributed by atoms with Crippen LogP contribution in [0.2, 0.25) is 0 Å². The molecule has 3 nitrogen and oxygen atoms in total. The maximum absolute atomic E-state index is 12.9. The molecular formula is C15H16BrNO2S2. The molecule has 0 amide bonds. The van der Waals surface area contributed by atoms with E-state index in [1.807, 2.05) is 31.2 Å². The third kappa shape index (κ3) is 2.82. The topological polar surface area (TPSA) is 37.4 Å². The Morgan fingerprint density at radius 2 is 2.00 bits per heavy atom. The van der Waals surface area contributed by atoms with Gasteiger partial charge in [-0.25, -0.2) is 8.42 Å². The lowest BCUT2D eigenvalue weighted by atomic mass is 10.0. The second-order valence-corrected chi connectivity index (χ2v) is 9.77. The number of halogens is 1. The van der Waals surface area contributed by atoms with Crippen LogP contribution in [-0.4, -0.2) is 19.3 Å². The average Bonchev–Trinajstić information content (AvgIpc) is 3.08. The molecular weight excluding hydrogens is 370 g/mol. The van der Waals surface area contributed by atoms with E-state index >= 15 is 0 Å². The number of sulfonamides is 1. The highest BCUT2D eigenvalue weighted by Crippen LogP contribution is 2.39. The first-order chi connectivity index (χ1) is 10.00. The number of nitrogens with zero attached hydrogens (tertiary/aromatic N) is 1. The van der Waals surface area contributed by atoms with Crippen molar-refractivity contribution in [3.63, 3.8) is 0 Å². The molecule has 1 saturated heterocycles. The Labute approximate surface area is 137 Å². The fourth-order valence-corrected chi connectivity index (χ4v) is 6.66. The Bertz CT molecular complexity index is 755. The van der Waals surface area contributed by atoms with E-state index in [1.54, 1.807) is 16.4 Å². The molecule has 0 radical (unpaired) electrons. The van der Waals surface area contributed by atoms with Crippen molar-refractivity contribution in [3.05, 3.63) is 51.3 Å². The van der Waals surface area contributed by atoms with E-state index < -0.39 is 10.0 Å². The largest absolute Gasteiger partial charge is 0.253 e. The van der Waals surface area contributed by atoms with Crippen LogP contribution in [0, 0.1) is 6.92 Å². The van der Waals surface area contributed by atoms with Gasteiger partial charge in [0.25, 0.3) is 10.0 Å². The Morgan fingerprint density at radius 3 is 2.67 bits per heavy atom. The van der Waals surface area contributed by atoms with Crippen molar-refractivity contribution in [2.75, 3.05) is 6.54 Å². The summed E-state index contributed by atoms with van der Waals surface area (Å²) in [5.74, 6) is 0. The van der Waals surface area contributed by atoms with Crippen molar-refractivity contribution in [1.29, 1.82) is 0 Å². The van der Waals surface area contributed by atoms with Crippen molar-refractivity contribution in [1.82, 2.24) is 4.31 Å². The maximum atomic E-state index is 12.9. The van der Waals surface area contributed by atoms with Gasteiger partial charge in [-0.05, 0) is 59.0 Å². The lowest BCUT2D eigenvalue weighted by Crippen LogP contribution is -2.30. The van der Waals surface area contributed by atoms with Gasteiger partial charge in [0.15, 0.2) is 0 Å². The highest BCUT2D eigenvalue weighted by Gasteiger charge is 2.37. The summed E-state index contributed by atoms with van der Waals surface area (Å²) in [5.41, 5.74) is 2.27. The number of aryl methyl sites for hydroxylation is 1. The van der Waals surface area contributed by atoms with Crippen LogP contribution < -0.4 is 0 Å². The zero-order valence-corrected chi connectivity index (χ0v) is 14.8. The molecule has 1 fully saturated rings. The van der Waals surface area contributed by atoms with Gasteiger partial charge in [-0.1, -0.05) is 24.3 Å². The molecule has 1 aromatic carbocycles. The first kappa shape index (κ1) is 15.2. The van der Waals surface area contributed by atoms with Crippen molar-refractivity contribution in [3.8, 4) is 0 Å². The SMILES string of the molecule is Cc1ccccc1C1CCCN1S(=O)(=O)c1ccc(Br)s1. The van der Waals surface area contributed by atoms with Crippen LogP contribution in [0.3, 0.4) is 0 Å². The highest BCUT2D eigenvalue weighted by atomic mass is 79.9. The lowest BCUT2D eigenvalue weighted by Gasteiger charge is -2.25. The van der Waals surface area contributed by atoms with E-state index in [0.29, 0.717) is 10.8 Å². The first-order valence-electron chi connectivity index (χ1n) is 6.83. The van der Waals surface area contributed by atoms with Crippen molar-refractivity contribution >= 4 is 37.3 Å². The van der Waals surface area contributed by atoms with Crippen molar-refractivity contribution < 1.29 is 8.42 Å². The molecule has 1 unspecified atom stereocenters. The molecule has 3 rings (SSSR count). The molecule has 0 aliphatic carbocycles. The Hall–Kier alpha value is -0.690. The number of benzene rings is 1. The van der Waals surface area contributed by atoms with E-state index in [1.165, 1.54) is 11.3 Å². The monoisotopic (exact) mass is 385 g/mol. The number of hydrogen-bond acceptors (Lipinski definition) is 3. The van der Waals surface area contributed by atoms with Crippen LogP contribution in [0.4, 0.5) is 0 Å². The molecule has 6 heteroatoms. The first-order valence-corrected chi connectivity index (χ1v) is 9.88. The molecule has 1 atom stereocenters. The normalized spacial score (nSPS) is 20.0. The minimum atomic E-state index is -3.41. The van der Waals surface area contributed by atoms with E-state index in [2.05, 4.69) is 15.9 Å².